The fourth-order valence-corrected chi connectivity index (χ4v) is 2.19. The molecule has 2 rings (SSSR count). The van der Waals surface area contributed by atoms with Crippen molar-refractivity contribution in [2.24, 2.45) is 5.10 Å². The number of anilines is 2. The van der Waals surface area contributed by atoms with Crippen molar-refractivity contribution < 1.29 is 14.5 Å². The van der Waals surface area contributed by atoms with E-state index in [1.165, 1.54) is 18.2 Å². The molecule has 0 saturated heterocycles. The van der Waals surface area contributed by atoms with Crippen molar-refractivity contribution in [2.75, 3.05) is 17.8 Å². The van der Waals surface area contributed by atoms with Crippen LogP contribution in [0.25, 0.3) is 0 Å². The van der Waals surface area contributed by atoms with Gasteiger partial charge in [-0.1, -0.05) is 12.1 Å². The van der Waals surface area contributed by atoms with E-state index in [4.69, 9.17) is 10.5 Å². The summed E-state index contributed by atoms with van der Waals surface area (Å²) in [5.74, 6) is -0.705. The van der Waals surface area contributed by atoms with Crippen LogP contribution in [0.15, 0.2) is 34.7 Å². The summed E-state index contributed by atoms with van der Waals surface area (Å²) in [4.78, 5) is 26.4. The van der Waals surface area contributed by atoms with Gasteiger partial charge in [0.05, 0.1) is 11.5 Å². The van der Waals surface area contributed by atoms with Gasteiger partial charge >= 0.3 is 5.97 Å². The first-order valence-electron chi connectivity index (χ1n) is 6.48. The Kier molecular flexibility index (Phi) is 5.20. The molecule has 0 radical (unpaired) electrons. The number of nitrogens with zero attached hydrogens (tertiary/aromatic N) is 3. The molecule has 23 heavy (non-hydrogen) atoms. The molecule has 0 unspecified atom stereocenters. The average Bonchev–Trinajstić information content (AvgIpc) is 2.94. The summed E-state index contributed by atoms with van der Waals surface area (Å²) in [6, 6.07) is 5.93. The summed E-state index contributed by atoms with van der Waals surface area (Å²) in [6.07, 6.45) is 0. The Balaban J connectivity index is 2.35. The van der Waals surface area contributed by atoms with Gasteiger partial charge in [0, 0.05) is 11.4 Å². The Labute approximate surface area is 134 Å². The minimum atomic E-state index is -0.705. The largest absolute Gasteiger partial charge is 0.461 e. The van der Waals surface area contributed by atoms with Crippen LogP contribution in [0.2, 0.25) is 0 Å². The molecule has 0 bridgehead atoms. The lowest BCUT2D eigenvalue weighted by atomic mass is 10.3. The quantitative estimate of drug-likeness (QED) is 0.357. The van der Waals surface area contributed by atoms with Crippen molar-refractivity contribution in [3.63, 3.8) is 0 Å². The third kappa shape index (κ3) is 4.01. The molecule has 2 aromatic rings. The fourth-order valence-electron chi connectivity index (χ4n) is 1.65. The number of hydrazone groups is 1. The number of carbonyl (C=O) groups is 1. The van der Waals surface area contributed by atoms with Crippen LogP contribution in [0.1, 0.15) is 12.6 Å². The minimum Gasteiger partial charge on any atom is -0.461 e. The van der Waals surface area contributed by atoms with Crippen molar-refractivity contribution in [1.29, 1.82) is 0 Å². The van der Waals surface area contributed by atoms with Gasteiger partial charge < -0.3 is 10.5 Å². The monoisotopic (exact) mass is 335 g/mol. The van der Waals surface area contributed by atoms with E-state index in [-0.39, 0.29) is 34.5 Å². The number of nitro groups is 1. The predicted molar refractivity (Wildman–Crippen MR) is 86.4 cm³/mol. The van der Waals surface area contributed by atoms with Crippen molar-refractivity contribution >= 4 is 39.5 Å². The second-order valence-corrected chi connectivity index (χ2v) is 5.03. The Morgan fingerprint density at radius 2 is 2.26 bits per heavy atom. The van der Waals surface area contributed by atoms with Crippen LogP contribution in [0.4, 0.5) is 16.5 Å². The van der Waals surface area contributed by atoms with E-state index in [9.17, 15) is 14.9 Å². The van der Waals surface area contributed by atoms with Crippen LogP contribution < -0.4 is 11.2 Å². The maximum Gasteiger partial charge on any atom is 0.361 e. The van der Waals surface area contributed by atoms with Gasteiger partial charge in [0.25, 0.3) is 5.69 Å². The van der Waals surface area contributed by atoms with Gasteiger partial charge in [-0.05, 0) is 13.0 Å². The SMILES string of the molecule is CCOC(=O)/C(=N/Nc1ccccc1[N+](=O)[O-])c1csc(N)n1. The molecule has 1 aromatic carbocycles. The number of hydrogen-bond acceptors (Lipinski definition) is 9. The summed E-state index contributed by atoms with van der Waals surface area (Å²) in [5.41, 5.74) is 8.16. The highest BCUT2D eigenvalue weighted by molar-refractivity contribution is 7.13. The number of carbonyl (C=O) groups excluding carboxylic acids is 1. The fraction of sp³-hybridized carbons (Fsp3) is 0.154. The highest BCUT2D eigenvalue weighted by Gasteiger charge is 2.20. The van der Waals surface area contributed by atoms with E-state index in [1.807, 2.05) is 0 Å². The number of nitro benzene ring substituents is 1. The first-order valence-corrected chi connectivity index (χ1v) is 7.36. The predicted octanol–water partition coefficient (Wildman–Crippen LogP) is 2.01. The third-order valence-corrected chi connectivity index (χ3v) is 3.30. The Morgan fingerprint density at radius 3 is 2.87 bits per heavy atom. The zero-order valence-corrected chi connectivity index (χ0v) is 12.9. The van der Waals surface area contributed by atoms with Crippen LogP contribution in [0.5, 0.6) is 0 Å². The molecule has 10 heteroatoms. The number of nitrogens with one attached hydrogen (secondary N) is 1. The first kappa shape index (κ1) is 16.4. The van der Waals surface area contributed by atoms with Crippen molar-refractivity contribution in [1.82, 2.24) is 4.98 Å². The second kappa shape index (κ2) is 7.31. The first-order chi connectivity index (χ1) is 11.0. The lowest BCUT2D eigenvalue weighted by Gasteiger charge is -2.05. The Hall–Kier alpha value is -3.01. The molecular weight excluding hydrogens is 322 g/mol. The van der Waals surface area contributed by atoms with Gasteiger partial charge in [0.2, 0.25) is 0 Å². The number of thiazole rings is 1. The number of nitrogen functional groups attached to an aromatic ring is 1. The number of aromatic nitrogens is 1. The van der Waals surface area contributed by atoms with E-state index < -0.39 is 10.9 Å². The lowest BCUT2D eigenvalue weighted by Crippen LogP contribution is -2.20. The number of esters is 1. The van der Waals surface area contributed by atoms with Gasteiger partial charge in [0.15, 0.2) is 10.8 Å². The van der Waals surface area contributed by atoms with Gasteiger partial charge in [-0.25, -0.2) is 9.78 Å². The summed E-state index contributed by atoms with van der Waals surface area (Å²) < 4.78 is 4.91. The summed E-state index contributed by atoms with van der Waals surface area (Å²) in [7, 11) is 0. The smallest absolute Gasteiger partial charge is 0.361 e. The van der Waals surface area contributed by atoms with Gasteiger partial charge in [-0.2, -0.15) is 5.10 Å². The highest BCUT2D eigenvalue weighted by atomic mass is 32.1. The second-order valence-electron chi connectivity index (χ2n) is 4.14. The molecular formula is C13H13N5O4S. The van der Waals surface area contributed by atoms with Crippen LogP contribution in [-0.2, 0) is 9.53 Å². The molecule has 0 amide bonds. The summed E-state index contributed by atoms with van der Waals surface area (Å²) in [5, 5.41) is 16.7. The van der Waals surface area contributed by atoms with E-state index in [2.05, 4.69) is 15.5 Å². The Bertz CT molecular complexity index is 758. The topological polar surface area (TPSA) is 133 Å². The molecule has 3 N–H and O–H groups in total. The molecule has 0 aliphatic carbocycles. The lowest BCUT2D eigenvalue weighted by molar-refractivity contribution is -0.384. The third-order valence-electron chi connectivity index (χ3n) is 2.62. The molecule has 0 atom stereocenters. The normalized spacial score (nSPS) is 11.1. The van der Waals surface area contributed by atoms with E-state index in [0.717, 1.165) is 11.3 Å². The average molecular weight is 335 g/mol. The molecule has 0 fully saturated rings. The molecule has 0 spiro atoms. The standard InChI is InChI=1S/C13H13N5O4S/c1-2-22-12(19)11(9-7-23-13(14)15-9)17-16-8-5-3-4-6-10(8)18(20)21/h3-7,16H,2H2,1H3,(H2,14,15)/b17-11+. The van der Waals surface area contributed by atoms with Crippen LogP contribution in [0, 0.1) is 10.1 Å². The number of para-hydroxylation sites is 2. The number of nitrogens with two attached hydrogens (primary N) is 1. The Morgan fingerprint density at radius 1 is 1.52 bits per heavy atom. The van der Waals surface area contributed by atoms with E-state index in [1.54, 1.807) is 18.4 Å². The van der Waals surface area contributed by atoms with Gasteiger partial charge in [-0.3, -0.25) is 15.5 Å². The van der Waals surface area contributed by atoms with Crippen molar-refractivity contribution in [3.05, 3.63) is 45.5 Å². The zero-order valence-electron chi connectivity index (χ0n) is 12.1. The molecule has 0 saturated carbocycles. The zero-order chi connectivity index (χ0) is 16.8. The van der Waals surface area contributed by atoms with Crippen LogP contribution in [0.3, 0.4) is 0 Å². The molecule has 1 heterocycles. The van der Waals surface area contributed by atoms with Crippen molar-refractivity contribution in [3.8, 4) is 0 Å². The van der Waals surface area contributed by atoms with Crippen LogP contribution >= 0.6 is 11.3 Å². The molecule has 9 nitrogen and oxygen atoms in total. The summed E-state index contributed by atoms with van der Waals surface area (Å²) >= 11 is 1.14. The molecule has 0 aliphatic rings. The van der Waals surface area contributed by atoms with Crippen molar-refractivity contribution in [2.45, 2.75) is 6.92 Å². The van der Waals surface area contributed by atoms with E-state index in [0.29, 0.717) is 0 Å². The molecule has 0 aliphatic heterocycles. The number of ether oxygens (including phenoxy) is 1. The molecule has 1 aromatic heterocycles. The van der Waals surface area contributed by atoms with Crippen LogP contribution in [-0.4, -0.2) is 28.2 Å². The number of hydrogen-bond donors (Lipinski definition) is 2. The van der Waals surface area contributed by atoms with Gasteiger partial charge in [0.1, 0.15) is 11.4 Å². The molecule has 120 valence electrons. The number of benzene rings is 1. The minimum absolute atomic E-state index is 0.113. The van der Waals surface area contributed by atoms with Gasteiger partial charge in [-0.15, -0.1) is 11.3 Å². The maximum atomic E-state index is 12.0. The summed E-state index contributed by atoms with van der Waals surface area (Å²) in [6.45, 7) is 1.81. The van der Waals surface area contributed by atoms with E-state index >= 15 is 0 Å². The number of rotatable bonds is 6. The highest BCUT2D eigenvalue weighted by Crippen LogP contribution is 2.23. The maximum absolute atomic E-state index is 12.0.